The van der Waals surface area contributed by atoms with Crippen molar-refractivity contribution in [1.82, 2.24) is 14.5 Å². The summed E-state index contributed by atoms with van der Waals surface area (Å²) >= 11 is 1.52. The zero-order valence-electron chi connectivity index (χ0n) is 11.0. The zero-order chi connectivity index (χ0) is 15.2. The predicted octanol–water partition coefficient (Wildman–Crippen LogP) is 3.45. The van der Waals surface area contributed by atoms with E-state index in [4.69, 9.17) is 5.73 Å². The highest BCUT2D eigenvalue weighted by Gasteiger charge is 2.31. The monoisotopic (exact) mass is 312 g/mol. The van der Waals surface area contributed by atoms with Crippen molar-refractivity contribution in [1.29, 1.82) is 0 Å². The number of aryl methyl sites for hydroxylation is 1. The lowest BCUT2D eigenvalue weighted by atomic mass is 10.2. The Balaban J connectivity index is 2.05. The van der Waals surface area contributed by atoms with Crippen LogP contribution in [0.3, 0.4) is 0 Å². The van der Waals surface area contributed by atoms with E-state index in [1.807, 2.05) is 6.92 Å². The van der Waals surface area contributed by atoms with Gasteiger partial charge in [0.25, 0.3) is 0 Å². The molecule has 0 unspecified atom stereocenters. The number of fused-ring (bicyclic) bond motifs is 1. The van der Waals surface area contributed by atoms with Crippen LogP contribution in [0.5, 0.6) is 0 Å². The molecule has 0 saturated carbocycles. The number of anilines is 1. The third-order valence-corrected chi connectivity index (χ3v) is 3.97. The largest absolute Gasteiger partial charge is 0.416 e. The first-order valence-corrected chi connectivity index (χ1v) is 6.90. The van der Waals surface area contributed by atoms with E-state index in [1.54, 1.807) is 10.8 Å². The molecule has 1 aromatic carbocycles. The van der Waals surface area contributed by atoms with Crippen molar-refractivity contribution in [2.24, 2.45) is 0 Å². The Morgan fingerprint density at radius 1 is 1.33 bits per heavy atom. The molecule has 2 N–H and O–H groups in total. The molecular weight excluding hydrogens is 301 g/mol. The number of alkyl halides is 3. The van der Waals surface area contributed by atoms with E-state index < -0.39 is 11.7 Å². The number of rotatable bonds is 2. The summed E-state index contributed by atoms with van der Waals surface area (Å²) in [7, 11) is 0. The molecule has 2 aromatic heterocycles. The summed E-state index contributed by atoms with van der Waals surface area (Å²) in [5.74, 6) is 0.178. The number of aromatic nitrogens is 3. The van der Waals surface area contributed by atoms with Gasteiger partial charge in [0, 0.05) is 11.1 Å². The highest BCUT2D eigenvalue weighted by molar-refractivity contribution is 7.11. The van der Waals surface area contributed by atoms with E-state index in [2.05, 4.69) is 9.97 Å². The average molecular weight is 312 g/mol. The predicted molar refractivity (Wildman–Crippen MR) is 75.1 cm³/mol. The first kappa shape index (κ1) is 13.9. The average Bonchev–Trinajstić information content (AvgIpc) is 2.93. The number of halogens is 3. The van der Waals surface area contributed by atoms with Crippen LogP contribution >= 0.6 is 11.3 Å². The molecule has 0 spiro atoms. The van der Waals surface area contributed by atoms with E-state index in [1.165, 1.54) is 17.4 Å². The lowest BCUT2D eigenvalue weighted by Gasteiger charge is -2.07. The van der Waals surface area contributed by atoms with Crippen molar-refractivity contribution >= 4 is 28.3 Å². The van der Waals surface area contributed by atoms with Crippen LogP contribution in [0.15, 0.2) is 24.4 Å². The molecule has 21 heavy (non-hydrogen) atoms. The van der Waals surface area contributed by atoms with E-state index in [0.29, 0.717) is 12.1 Å². The Labute approximate surface area is 122 Å². The molecule has 3 aromatic rings. The summed E-state index contributed by atoms with van der Waals surface area (Å²) in [4.78, 5) is 9.30. The first-order chi connectivity index (χ1) is 9.84. The number of benzene rings is 1. The summed E-state index contributed by atoms with van der Waals surface area (Å²) in [5.41, 5.74) is 5.88. The highest BCUT2D eigenvalue weighted by atomic mass is 32.1. The van der Waals surface area contributed by atoms with Crippen LogP contribution in [-0.2, 0) is 12.7 Å². The molecule has 0 atom stereocenters. The standard InChI is InChI=1S/C13H11F3N4S/c1-7-5-18-11(21-7)6-20-10-3-2-8(13(14,15)16)4-9(10)19-12(20)17/h2-5H,6H2,1H3,(H2,17,19). The maximum atomic E-state index is 12.7. The van der Waals surface area contributed by atoms with E-state index in [0.717, 1.165) is 22.0 Å². The molecule has 8 heteroatoms. The van der Waals surface area contributed by atoms with Gasteiger partial charge in [-0.2, -0.15) is 13.2 Å². The van der Waals surface area contributed by atoms with Gasteiger partial charge in [-0.1, -0.05) is 0 Å². The lowest BCUT2D eigenvalue weighted by molar-refractivity contribution is -0.137. The fraction of sp³-hybridized carbons (Fsp3) is 0.231. The van der Waals surface area contributed by atoms with Gasteiger partial charge in [-0.15, -0.1) is 11.3 Å². The lowest BCUT2D eigenvalue weighted by Crippen LogP contribution is -2.05. The van der Waals surface area contributed by atoms with Gasteiger partial charge >= 0.3 is 6.18 Å². The summed E-state index contributed by atoms with van der Waals surface area (Å²) in [6.07, 6.45) is -2.64. The fourth-order valence-electron chi connectivity index (χ4n) is 2.10. The normalized spacial score (nSPS) is 12.2. The fourth-order valence-corrected chi connectivity index (χ4v) is 2.88. The van der Waals surface area contributed by atoms with Gasteiger partial charge in [0.2, 0.25) is 5.95 Å². The summed E-state index contributed by atoms with van der Waals surface area (Å²) in [5, 5.41) is 0.832. The Hall–Kier alpha value is -2.09. The van der Waals surface area contributed by atoms with Crippen LogP contribution in [0.2, 0.25) is 0 Å². The molecule has 0 amide bonds. The van der Waals surface area contributed by atoms with Crippen LogP contribution in [-0.4, -0.2) is 14.5 Å². The maximum Gasteiger partial charge on any atom is 0.416 e. The maximum absolute atomic E-state index is 12.7. The number of hydrogen-bond acceptors (Lipinski definition) is 4. The molecule has 0 bridgehead atoms. The Bertz CT molecular complexity index is 803. The molecular formula is C13H11F3N4S. The second-order valence-electron chi connectivity index (χ2n) is 4.62. The minimum atomic E-state index is -4.39. The number of imidazole rings is 1. The van der Waals surface area contributed by atoms with E-state index >= 15 is 0 Å². The van der Waals surface area contributed by atoms with Crippen LogP contribution < -0.4 is 5.73 Å². The van der Waals surface area contributed by atoms with Crippen LogP contribution in [0.1, 0.15) is 15.4 Å². The van der Waals surface area contributed by atoms with Crippen LogP contribution in [0.25, 0.3) is 11.0 Å². The molecule has 0 aliphatic rings. The number of nitrogens with zero attached hydrogens (tertiary/aromatic N) is 3. The Morgan fingerprint density at radius 2 is 2.10 bits per heavy atom. The van der Waals surface area contributed by atoms with Gasteiger partial charge < -0.3 is 10.3 Å². The Morgan fingerprint density at radius 3 is 2.71 bits per heavy atom. The minimum Gasteiger partial charge on any atom is -0.369 e. The summed E-state index contributed by atoms with van der Waals surface area (Å²) < 4.78 is 39.8. The second-order valence-corrected chi connectivity index (χ2v) is 5.94. The van der Waals surface area contributed by atoms with Gasteiger partial charge in [0.15, 0.2) is 0 Å². The summed E-state index contributed by atoms with van der Waals surface area (Å²) in [6, 6.07) is 3.43. The molecule has 4 nitrogen and oxygen atoms in total. The minimum absolute atomic E-state index is 0.178. The van der Waals surface area contributed by atoms with Crippen molar-refractivity contribution in [3.05, 3.63) is 39.8 Å². The van der Waals surface area contributed by atoms with E-state index in [9.17, 15) is 13.2 Å². The van der Waals surface area contributed by atoms with Crippen molar-refractivity contribution in [2.45, 2.75) is 19.6 Å². The van der Waals surface area contributed by atoms with Gasteiger partial charge in [-0.3, -0.25) is 0 Å². The number of nitrogen functional groups attached to an aromatic ring is 1. The van der Waals surface area contributed by atoms with Gasteiger partial charge in [-0.25, -0.2) is 9.97 Å². The zero-order valence-corrected chi connectivity index (χ0v) is 11.8. The molecule has 0 fully saturated rings. The second kappa shape index (κ2) is 4.73. The van der Waals surface area contributed by atoms with Gasteiger partial charge in [-0.05, 0) is 25.1 Å². The van der Waals surface area contributed by atoms with Crippen molar-refractivity contribution in [2.75, 3.05) is 5.73 Å². The molecule has 110 valence electrons. The molecule has 3 rings (SSSR count). The number of thiazole rings is 1. The molecule has 0 aliphatic heterocycles. The van der Waals surface area contributed by atoms with Gasteiger partial charge in [0.1, 0.15) is 5.01 Å². The van der Waals surface area contributed by atoms with Crippen LogP contribution in [0, 0.1) is 6.92 Å². The Kier molecular flexibility index (Phi) is 3.12. The van der Waals surface area contributed by atoms with Crippen molar-refractivity contribution < 1.29 is 13.2 Å². The van der Waals surface area contributed by atoms with Gasteiger partial charge in [0.05, 0.1) is 23.1 Å². The molecule has 0 aliphatic carbocycles. The smallest absolute Gasteiger partial charge is 0.369 e. The molecule has 2 heterocycles. The van der Waals surface area contributed by atoms with Crippen LogP contribution in [0.4, 0.5) is 19.1 Å². The third kappa shape index (κ3) is 2.58. The number of nitrogens with two attached hydrogens (primary N) is 1. The third-order valence-electron chi connectivity index (χ3n) is 3.07. The SMILES string of the molecule is Cc1cnc(Cn2c(N)nc3cc(C(F)(F)F)ccc32)s1. The van der Waals surface area contributed by atoms with Crippen molar-refractivity contribution in [3.8, 4) is 0 Å². The first-order valence-electron chi connectivity index (χ1n) is 6.09. The molecule has 0 saturated heterocycles. The topological polar surface area (TPSA) is 56.7 Å². The number of hydrogen-bond donors (Lipinski definition) is 1. The van der Waals surface area contributed by atoms with Crippen molar-refractivity contribution in [3.63, 3.8) is 0 Å². The highest BCUT2D eigenvalue weighted by Crippen LogP contribution is 2.32. The quantitative estimate of drug-likeness (QED) is 0.788. The molecule has 0 radical (unpaired) electrons. The van der Waals surface area contributed by atoms with E-state index in [-0.39, 0.29) is 11.5 Å². The summed E-state index contributed by atoms with van der Waals surface area (Å²) in [6.45, 7) is 2.33.